The van der Waals surface area contributed by atoms with Crippen molar-refractivity contribution in [1.82, 2.24) is 0 Å². The monoisotopic (exact) mass is 243 g/mol. The molecule has 0 spiro atoms. The minimum absolute atomic E-state index is 0.141. The van der Waals surface area contributed by atoms with Crippen molar-refractivity contribution in [1.29, 1.82) is 0 Å². The largest absolute Gasteiger partial charge is 0.321 e. The molecule has 18 heavy (non-hydrogen) atoms. The van der Waals surface area contributed by atoms with E-state index in [-0.39, 0.29) is 5.54 Å². The van der Waals surface area contributed by atoms with Gasteiger partial charge in [0, 0.05) is 5.54 Å². The summed E-state index contributed by atoms with van der Waals surface area (Å²) in [4.78, 5) is 0. The second-order valence-electron chi connectivity index (χ2n) is 6.86. The highest BCUT2D eigenvalue weighted by Crippen LogP contribution is 2.53. The normalized spacial score (nSPS) is 33.7. The third kappa shape index (κ3) is 1.80. The number of benzene rings is 1. The fourth-order valence-electron chi connectivity index (χ4n) is 4.27. The van der Waals surface area contributed by atoms with Crippen LogP contribution in [0.25, 0.3) is 0 Å². The van der Waals surface area contributed by atoms with Crippen LogP contribution in [0.3, 0.4) is 0 Å². The second-order valence-corrected chi connectivity index (χ2v) is 6.86. The van der Waals surface area contributed by atoms with Crippen LogP contribution in [-0.2, 0) is 5.54 Å². The summed E-state index contributed by atoms with van der Waals surface area (Å²) in [6, 6.07) is 6.78. The zero-order chi connectivity index (χ0) is 12.9. The van der Waals surface area contributed by atoms with Crippen LogP contribution in [0.1, 0.15) is 49.3 Å². The molecule has 0 aromatic heterocycles. The minimum Gasteiger partial charge on any atom is -0.321 e. The maximum atomic E-state index is 6.75. The summed E-state index contributed by atoms with van der Waals surface area (Å²) >= 11 is 0. The number of aryl methyl sites for hydroxylation is 2. The molecule has 1 heteroatoms. The summed E-state index contributed by atoms with van der Waals surface area (Å²) in [6.07, 6.45) is 5.64. The lowest BCUT2D eigenvalue weighted by atomic mass is 9.72. The molecule has 0 heterocycles. The van der Waals surface area contributed by atoms with Crippen LogP contribution in [0.15, 0.2) is 18.2 Å². The molecule has 98 valence electrons. The maximum absolute atomic E-state index is 6.75. The summed E-state index contributed by atoms with van der Waals surface area (Å²) < 4.78 is 0. The molecule has 4 unspecified atom stereocenters. The third-order valence-corrected chi connectivity index (χ3v) is 5.64. The second kappa shape index (κ2) is 4.09. The van der Waals surface area contributed by atoms with Gasteiger partial charge in [-0.3, -0.25) is 0 Å². The van der Waals surface area contributed by atoms with E-state index in [2.05, 4.69) is 39.0 Å². The average Bonchev–Trinajstić information content (AvgIpc) is 2.94. The van der Waals surface area contributed by atoms with E-state index in [1.54, 1.807) is 0 Å². The number of rotatable bonds is 2. The Labute approximate surface area is 111 Å². The minimum atomic E-state index is -0.141. The highest BCUT2D eigenvalue weighted by molar-refractivity contribution is 5.34. The van der Waals surface area contributed by atoms with Crippen LogP contribution in [-0.4, -0.2) is 0 Å². The van der Waals surface area contributed by atoms with Gasteiger partial charge in [0.2, 0.25) is 0 Å². The van der Waals surface area contributed by atoms with E-state index in [0.717, 1.165) is 11.8 Å². The van der Waals surface area contributed by atoms with Crippen molar-refractivity contribution in [2.75, 3.05) is 0 Å². The van der Waals surface area contributed by atoms with Gasteiger partial charge in [-0.1, -0.05) is 24.6 Å². The van der Waals surface area contributed by atoms with Crippen LogP contribution in [0.4, 0.5) is 0 Å². The topological polar surface area (TPSA) is 26.0 Å². The Balaban J connectivity index is 1.91. The highest BCUT2D eigenvalue weighted by Gasteiger charge is 2.47. The first-order valence-electron chi connectivity index (χ1n) is 7.35. The Morgan fingerprint density at radius 2 is 1.89 bits per heavy atom. The summed E-state index contributed by atoms with van der Waals surface area (Å²) in [5, 5.41) is 0. The molecule has 2 aliphatic carbocycles. The van der Waals surface area contributed by atoms with Gasteiger partial charge < -0.3 is 5.73 Å². The van der Waals surface area contributed by atoms with E-state index < -0.39 is 0 Å². The van der Waals surface area contributed by atoms with Crippen molar-refractivity contribution >= 4 is 0 Å². The van der Waals surface area contributed by atoms with Crippen LogP contribution in [0.2, 0.25) is 0 Å². The summed E-state index contributed by atoms with van der Waals surface area (Å²) in [5.41, 5.74) is 10.7. The molecule has 0 radical (unpaired) electrons. The molecular weight excluding hydrogens is 218 g/mol. The Bertz CT molecular complexity index is 461. The van der Waals surface area contributed by atoms with Gasteiger partial charge in [-0.05, 0) is 74.5 Å². The maximum Gasteiger partial charge on any atom is 0.0412 e. The standard InChI is InChI=1S/C17H25N/c1-11-4-7-15(8-12(11)2)17(3,18)16-10-13-5-6-14(16)9-13/h4,7-8,13-14,16H,5-6,9-10,18H2,1-3H3. The van der Waals surface area contributed by atoms with Gasteiger partial charge in [0.05, 0.1) is 0 Å². The molecule has 1 aromatic rings. The molecule has 0 amide bonds. The first kappa shape index (κ1) is 12.2. The van der Waals surface area contributed by atoms with Crippen LogP contribution in [0.5, 0.6) is 0 Å². The molecule has 2 aliphatic rings. The number of nitrogens with two attached hydrogens (primary N) is 1. The van der Waals surface area contributed by atoms with E-state index in [9.17, 15) is 0 Å². The first-order chi connectivity index (χ1) is 8.48. The molecule has 1 aromatic carbocycles. The molecule has 2 bridgehead atoms. The lowest BCUT2D eigenvalue weighted by Crippen LogP contribution is -2.43. The molecule has 1 nitrogen and oxygen atoms in total. The lowest BCUT2D eigenvalue weighted by Gasteiger charge is -2.38. The van der Waals surface area contributed by atoms with Gasteiger partial charge in [-0.2, -0.15) is 0 Å². The van der Waals surface area contributed by atoms with Crippen molar-refractivity contribution in [2.24, 2.45) is 23.5 Å². The smallest absolute Gasteiger partial charge is 0.0412 e. The fraction of sp³-hybridized carbons (Fsp3) is 0.647. The molecule has 2 N–H and O–H groups in total. The zero-order valence-corrected chi connectivity index (χ0v) is 11.9. The summed E-state index contributed by atoms with van der Waals surface area (Å²) in [5.74, 6) is 2.54. The molecule has 0 saturated heterocycles. The summed E-state index contributed by atoms with van der Waals surface area (Å²) in [7, 11) is 0. The van der Waals surface area contributed by atoms with Gasteiger partial charge in [0.1, 0.15) is 0 Å². The SMILES string of the molecule is Cc1ccc(C(C)(N)C2CC3CCC2C3)cc1C. The number of fused-ring (bicyclic) bond motifs is 2. The van der Waals surface area contributed by atoms with Crippen LogP contribution >= 0.6 is 0 Å². The summed E-state index contributed by atoms with van der Waals surface area (Å²) in [6.45, 7) is 6.61. The van der Waals surface area contributed by atoms with Crippen LogP contribution in [0, 0.1) is 31.6 Å². The predicted octanol–water partition coefficient (Wildman–Crippen LogP) is 3.91. The van der Waals surface area contributed by atoms with Crippen LogP contribution < -0.4 is 5.73 Å². The van der Waals surface area contributed by atoms with Crippen molar-refractivity contribution in [3.8, 4) is 0 Å². The molecule has 3 rings (SSSR count). The fourth-order valence-corrected chi connectivity index (χ4v) is 4.27. The van der Waals surface area contributed by atoms with E-state index in [4.69, 9.17) is 5.73 Å². The van der Waals surface area contributed by atoms with Gasteiger partial charge in [0.25, 0.3) is 0 Å². The van der Waals surface area contributed by atoms with Gasteiger partial charge >= 0.3 is 0 Å². The molecule has 2 fully saturated rings. The Hall–Kier alpha value is -0.820. The van der Waals surface area contributed by atoms with E-state index in [1.165, 1.54) is 42.4 Å². The quantitative estimate of drug-likeness (QED) is 0.837. The van der Waals surface area contributed by atoms with Gasteiger partial charge in [-0.25, -0.2) is 0 Å². The molecule has 2 saturated carbocycles. The molecular formula is C17H25N. The number of hydrogen-bond acceptors (Lipinski definition) is 1. The van der Waals surface area contributed by atoms with E-state index in [1.807, 2.05) is 0 Å². The molecule has 4 atom stereocenters. The van der Waals surface area contributed by atoms with Crippen molar-refractivity contribution in [2.45, 2.75) is 52.0 Å². The van der Waals surface area contributed by atoms with Gasteiger partial charge in [0.15, 0.2) is 0 Å². The first-order valence-corrected chi connectivity index (χ1v) is 7.35. The highest BCUT2D eigenvalue weighted by atomic mass is 14.8. The lowest BCUT2D eigenvalue weighted by molar-refractivity contribution is 0.204. The number of hydrogen-bond donors (Lipinski definition) is 1. The predicted molar refractivity (Wildman–Crippen MR) is 76.4 cm³/mol. The van der Waals surface area contributed by atoms with Crippen molar-refractivity contribution in [3.63, 3.8) is 0 Å². The van der Waals surface area contributed by atoms with E-state index in [0.29, 0.717) is 5.92 Å². The third-order valence-electron chi connectivity index (χ3n) is 5.64. The molecule has 0 aliphatic heterocycles. The zero-order valence-electron chi connectivity index (χ0n) is 11.9. The Morgan fingerprint density at radius 1 is 1.11 bits per heavy atom. The van der Waals surface area contributed by atoms with E-state index >= 15 is 0 Å². The Morgan fingerprint density at radius 3 is 2.44 bits per heavy atom. The van der Waals surface area contributed by atoms with Crippen molar-refractivity contribution < 1.29 is 0 Å². The average molecular weight is 243 g/mol. The Kier molecular flexibility index (Phi) is 2.78. The van der Waals surface area contributed by atoms with Crippen molar-refractivity contribution in [3.05, 3.63) is 34.9 Å². The van der Waals surface area contributed by atoms with Gasteiger partial charge in [-0.15, -0.1) is 0 Å².